The number of thioether (sulfide) groups is 1. The number of benzene rings is 1. The summed E-state index contributed by atoms with van der Waals surface area (Å²) in [5.41, 5.74) is 3.49. The standard InChI is InChI=1S/C23H22N2O3S2/c1-3-9-25-22(27)20-16-5-4-6-18(16)30-21(20)24-23(25)29-12-14-11-19(26)28-17-10-13(2)7-8-15(14)17/h7-8,10-11H,3-6,9,12H2,1-2H3. The molecule has 0 amide bonds. The minimum atomic E-state index is -0.354. The van der Waals surface area contributed by atoms with Crippen LogP contribution in [0.3, 0.4) is 0 Å². The Kier molecular flexibility index (Phi) is 5.03. The molecule has 3 heterocycles. The fraction of sp³-hybridized carbons (Fsp3) is 0.348. The predicted molar refractivity (Wildman–Crippen MR) is 123 cm³/mol. The Morgan fingerprint density at radius 2 is 2.10 bits per heavy atom. The highest BCUT2D eigenvalue weighted by Gasteiger charge is 2.23. The largest absolute Gasteiger partial charge is 0.423 e. The van der Waals surface area contributed by atoms with Gasteiger partial charge in [0, 0.05) is 28.6 Å². The van der Waals surface area contributed by atoms with E-state index in [2.05, 4.69) is 6.92 Å². The van der Waals surface area contributed by atoms with E-state index in [0.717, 1.165) is 57.6 Å². The number of fused-ring (bicyclic) bond motifs is 4. The highest BCUT2D eigenvalue weighted by molar-refractivity contribution is 7.98. The van der Waals surface area contributed by atoms with Gasteiger partial charge in [0.2, 0.25) is 0 Å². The van der Waals surface area contributed by atoms with Crippen LogP contribution in [-0.2, 0) is 25.1 Å². The van der Waals surface area contributed by atoms with E-state index in [-0.39, 0.29) is 11.2 Å². The van der Waals surface area contributed by atoms with Crippen molar-refractivity contribution in [2.75, 3.05) is 0 Å². The summed E-state index contributed by atoms with van der Waals surface area (Å²) in [6.07, 6.45) is 4.03. The summed E-state index contributed by atoms with van der Waals surface area (Å²) in [5, 5.41) is 2.47. The van der Waals surface area contributed by atoms with Crippen molar-refractivity contribution in [3.05, 3.63) is 66.6 Å². The van der Waals surface area contributed by atoms with E-state index in [1.807, 2.05) is 29.7 Å². The molecule has 0 spiro atoms. The van der Waals surface area contributed by atoms with Gasteiger partial charge in [-0.25, -0.2) is 9.78 Å². The Labute approximate surface area is 181 Å². The Morgan fingerprint density at radius 3 is 2.93 bits per heavy atom. The van der Waals surface area contributed by atoms with Crippen molar-refractivity contribution in [3.63, 3.8) is 0 Å². The molecule has 5 rings (SSSR count). The van der Waals surface area contributed by atoms with Gasteiger partial charge in [0.25, 0.3) is 5.56 Å². The van der Waals surface area contributed by atoms with Crippen molar-refractivity contribution in [3.8, 4) is 0 Å². The molecule has 4 aromatic rings. The number of rotatable bonds is 5. The second-order valence-corrected chi connectivity index (χ2v) is 9.79. The van der Waals surface area contributed by atoms with Crippen molar-refractivity contribution in [1.29, 1.82) is 0 Å². The first-order valence-corrected chi connectivity index (χ1v) is 12.1. The lowest BCUT2D eigenvalue weighted by Crippen LogP contribution is -2.23. The van der Waals surface area contributed by atoms with Crippen LogP contribution in [0.15, 0.2) is 43.4 Å². The molecule has 1 aromatic carbocycles. The van der Waals surface area contributed by atoms with Crippen LogP contribution < -0.4 is 11.2 Å². The third kappa shape index (κ3) is 3.30. The zero-order valence-electron chi connectivity index (χ0n) is 17.0. The van der Waals surface area contributed by atoms with Crippen LogP contribution in [0.2, 0.25) is 0 Å². The van der Waals surface area contributed by atoms with Crippen LogP contribution in [0.25, 0.3) is 21.2 Å². The van der Waals surface area contributed by atoms with Gasteiger partial charge in [-0.05, 0) is 55.4 Å². The fourth-order valence-corrected chi connectivity index (χ4v) is 6.51. The first-order chi connectivity index (χ1) is 14.5. The minimum absolute atomic E-state index is 0.0804. The van der Waals surface area contributed by atoms with Gasteiger partial charge in [0.15, 0.2) is 5.16 Å². The topological polar surface area (TPSA) is 65.1 Å². The minimum Gasteiger partial charge on any atom is -0.423 e. The summed E-state index contributed by atoms with van der Waals surface area (Å²) in [7, 11) is 0. The third-order valence-corrected chi connectivity index (χ3v) is 7.79. The van der Waals surface area contributed by atoms with Gasteiger partial charge in [0.05, 0.1) is 5.39 Å². The van der Waals surface area contributed by atoms with Crippen molar-refractivity contribution in [2.45, 2.75) is 57.0 Å². The van der Waals surface area contributed by atoms with E-state index in [1.54, 1.807) is 17.4 Å². The molecule has 0 fully saturated rings. The maximum absolute atomic E-state index is 13.3. The smallest absolute Gasteiger partial charge is 0.336 e. The van der Waals surface area contributed by atoms with Crippen molar-refractivity contribution >= 4 is 44.3 Å². The number of aromatic nitrogens is 2. The molecule has 7 heteroatoms. The first kappa shape index (κ1) is 19.6. The molecule has 30 heavy (non-hydrogen) atoms. The summed E-state index contributed by atoms with van der Waals surface area (Å²) in [6, 6.07) is 7.44. The van der Waals surface area contributed by atoms with Gasteiger partial charge in [-0.1, -0.05) is 30.8 Å². The van der Waals surface area contributed by atoms with Crippen molar-refractivity contribution in [1.82, 2.24) is 9.55 Å². The van der Waals surface area contributed by atoms with E-state index >= 15 is 0 Å². The quantitative estimate of drug-likeness (QED) is 0.247. The first-order valence-electron chi connectivity index (χ1n) is 10.3. The zero-order chi connectivity index (χ0) is 20.8. The average Bonchev–Trinajstić information content (AvgIpc) is 3.29. The zero-order valence-corrected chi connectivity index (χ0v) is 18.6. The van der Waals surface area contributed by atoms with Gasteiger partial charge in [-0.15, -0.1) is 11.3 Å². The number of hydrogen-bond acceptors (Lipinski definition) is 6. The van der Waals surface area contributed by atoms with Gasteiger partial charge in [-0.3, -0.25) is 9.36 Å². The molecule has 0 bridgehead atoms. The molecule has 5 nitrogen and oxygen atoms in total. The number of aryl methyl sites for hydroxylation is 3. The molecule has 0 saturated heterocycles. The Balaban J connectivity index is 1.58. The summed E-state index contributed by atoms with van der Waals surface area (Å²) >= 11 is 3.18. The van der Waals surface area contributed by atoms with Gasteiger partial charge in [-0.2, -0.15) is 0 Å². The Bertz CT molecular complexity index is 1400. The average molecular weight is 439 g/mol. The predicted octanol–water partition coefficient (Wildman–Crippen LogP) is 5.06. The van der Waals surface area contributed by atoms with E-state index in [0.29, 0.717) is 17.9 Å². The fourth-order valence-electron chi connectivity index (χ4n) is 4.19. The maximum atomic E-state index is 13.3. The van der Waals surface area contributed by atoms with Crippen LogP contribution in [0.5, 0.6) is 0 Å². The SMILES string of the molecule is CCCn1c(SCc2cc(=O)oc3cc(C)ccc23)nc2sc3c(c2c1=O)CCC3. The van der Waals surface area contributed by atoms with Gasteiger partial charge >= 0.3 is 5.63 Å². The molecule has 154 valence electrons. The second-order valence-electron chi connectivity index (χ2n) is 7.77. The lowest BCUT2D eigenvalue weighted by Gasteiger charge is -2.12. The molecule has 0 unspecified atom stereocenters. The van der Waals surface area contributed by atoms with Crippen LogP contribution in [0.4, 0.5) is 0 Å². The molecular weight excluding hydrogens is 416 g/mol. The summed E-state index contributed by atoms with van der Waals surface area (Å²) in [4.78, 5) is 32.5. The highest BCUT2D eigenvalue weighted by Crippen LogP contribution is 2.36. The maximum Gasteiger partial charge on any atom is 0.336 e. The van der Waals surface area contributed by atoms with Gasteiger partial charge in [0.1, 0.15) is 10.4 Å². The lowest BCUT2D eigenvalue weighted by atomic mass is 10.1. The molecule has 0 radical (unpaired) electrons. The monoisotopic (exact) mass is 438 g/mol. The Hall–Kier alpha value is -2.38. The molecule has 0 aliphatic heterocycles. The number of hydrogen-bond donors (Lipinski definition) is 0. The lowest BCUT2D eigenvalue weighted by molar-refractivity contribution is 0.559. The third-order valence-electron chi connectivity index (χ3n) is 5.58. The van der Waals surface area contributed by atoms with Crippen LogP contribution in [0, 0.1) is 6.92 Å². The number of nitrogens with zero attached hydrogens (tertiary/aromatic N) is 2. The molecule has 0 atom stereocenters. The summed E-state index contributed by atoms with van der Waals surface area (Å²) in [5.74, 6) is 0.553. The second kappa shape index (κ2) is 7.71. The molecule has 1 aliphatic rings. The van der Waals surface area contributed by atoms with Crippen LogP contribution in [0.1, 0.15) is 41.3 Å². The highest BCUT2D eigenvalue weighted by atomic mass is 32.2. The normalized spacial score (nSPS) is 13.4. The van der Waals surface area contributed by atoms with Crippen LogP contribution in [-0.4, -0.2) is 9.55 Å². The summed E-state index contributed by atoms with van der Waals surface area (Å²) in [6.45, 7) is 4.69. The van der Waals surface area contributed by atoms with E-state index in [9.17, 15) is 9.59 Å². The summed E-state index contributed by atoms with van der Waals surface area (Å²) < 4.78 is 7.19. The molecule has 0 saturated carbocycles. The molecular formula is C23H22N2O3S2. The van der Waals surface area contributed by atoms with Gasteiger partial charge < -0.3 is 4.42 Å². The molecule has 3 aromatic heterocycles. The molecule has 1 aliphatic carbocycles. The van der Waals surface area contributed by atoms with E-state index < -0.39 is 0 Å². The van der Waals surface area contributed by atoms with E-state index in [1.165, 1.54) is 22.2 Å². The van der Waals surface area contributed by atoms with Crippen molar-refractivity contribution in [2.24, 2.45) is 0 Å². The van der Waals surface area contributed by atoms with Crippen LogP contribution >= 0.6 is 23.1 Å². The molecule has 0 N–H and O–H groups in total. The number of thiophene rings is 1. The van der Waals surface area contributed by atoms with E-state index in [4.69, 9.17) is 9.40 Å². The Morgan fingerprint density at radius 1 is 1.23 bits per heavy atom. The van der Waals surface area contributed by atoms with Crippen molar-refractivity contribution < 1.29 is 4.42 Å².